The van der Waals surface area contributed by atoms with Gasteiger partial charge in [-0.1, -0.05) is 23.9 Å². The van der Waals surface area contributed by atoms with Crippen molar-refractivity contribution >= 4 is 29.3 Å². The molecule has 2 amide bonds. The molecule has 0 spiro atoms. The van der Waals surface area contributed by atoms with Crippen LogP contribution in [0.25, 0.3) is 0 Å². The van der Waals surface area contributed by atoms with Gasteiger partial charge in [-0.25, -0.2) is 0 Å². The molecule has 0 saturated heterocycles. The highest BCUT2D eigenvalue weighted by Gasteiger charge is 2.21. The zero-order valence-electron chi connectivity index (χ0n) is 11.8. The maximum Gasteiger partial charge on any atom is 0.262 e. The molecular formula is C15H18N2O3S. The van der Waals surface area contributed by atoms with Crippen LogP contribution in [0.2, 0.25) is 0 Å². The van der Waals surface area contributed by atoms with Crippen LogP contribution < -0.4 is 10.6 Å². The summed E-state index contributed by atoms with van der Waals surface area (Å²) in [7, 11) is 0. The number of hydrogen-bond donors (Lipinski definition) is 2. The van der Waals surface area contributed by atoms with E-state index in [4.69, 9.17) is 4.74 Å². The summed E-state index contributed by atoms with van der Waals surface area (Å²) in [6.07, 6.45) is 2.10. The van der Waals surface area contributed by atoms with Crippen molar-refractivity contribution in [3.8, 4) is 0 Å². The van der Waals surface area contributed by atoms with Crippen molar-refractivity contribution in [3.63, 3.8) is 0 Å². The normalized spacial score (nSPS) is 15.5. The quantitative estimate of drug-likeness (QED) is 0.624. The van der Waals surface area contributed by atoms with Crippen LogP contribution in [0.5, 0.6) is 0 Å². The first-order valence-electron chi connectivity index (χ1n) is 6.86. The first-order valence-corrected chi connectivity index (χ1v) is 7.68. The van der Waals surface area contributed by atoms with Gasteiger partial charge in [0, 0.05) is 30.7 Å². The Bertz CT molecular complexity index is 558. The van der Waals surface area contributed by atoms with Gasteiger partial charge in [0.15, 0.2) is 0 Å². The van der Waals surface area contributed by atoms with Crippen molar-refractivity contribution in [3.05, 3.63) is 35.2 Å². The third-order valence-corrected chi connectivity index (χ3v) is 3.91. The van der Waals surface area contributed by atoms with Gasteiger partial charge in [0.1, 0.15) is 0 Å². The van der Waals surface area contributed by atoms with E-state index in [1.807, 2.05) is 31.2 Å². The van der Waals surface area contributed by atoms with Gasteiger partial charge in [-0.2, -0.15) is 0 Å². The molecule has 5 nitrogen and oxygen atoms in total. The Morgan fingerprint density at radius 2 is 2.24 bits per heavy atom. The number of benzene rings is 1. The lowest BCUT2D eigenvalue weighted by Crippen LogP contribution is -2.25. The second-order valence-electron chi connectivity index (χ2n) is 4.40. The van der Waals surface area contributed by atoms with Gasteiger partial charge in [0.25, 0.3) is 5.91 Å². The molecule has 0 unspecified atom stereocenters. The molecule has 1 aromatic carbocycles. The summed E-state index contributed by atoms with van der Waals surface area (Å²) in [6, 6.07) is 7.51. The predicted octanol–water partition coefficient (Wildman–Crippen LogP) is 2.16. The molecule has 0 bridgehead atoms. The topological polar surface area (TPSA) is 67.4 Å². The lowest BCUT2D eigenvalue weighted by molar-refractivity contribution is -0.117. The minimum atomic E-state index is -0.261. The van der Waals surface area contributed by atoms with Crippen LogP contribution in [-0.4, -0.2) is 31.6 Å². The van der Waals surface area contributed by atoms with Crippen molar-refractivity contribution in [2.75, 3.05) is 25.1 Å². The van der Waals surface area contributed by atoms with Gasteiger partial charge in [0.2, 0.25) is 5.91 Å². The monoisotopic (exact) mass is 306 g/mol. The molecular weight excluding hydrogens is 288 g/mol. The van der Waals surface area contributed by atoms with Crippen LogP contribution in [0, 0.1) is 0 Å². The van der Waals surface area contributed by atoms with E-state index in [1.54, 1.807) is 0 Å². The minimum Gasteiger partial charge on any atom is -0.382 e. The molecule has 2 rings (SSSR count). The summed E-state index contributed by atoms with van der Waals surface area (Å²) in [4.78, 5) is 25.0. The van der Waals surface area contributed by atoms with Crippen molar-refractivity contribution in [1.82, 2.24) is 5.32 Å². The summed E-state index contributed by atoms with van der Waals surface area (Å²) in [5.41, 5.74) is 0.779. The van der Waals surface area contributed by atoms with Crippen LogP contribution in [0.15, 0.2) is 40.1 Å². The molecule has 0 aromatic heterocycles. The SMILES string of the molecule is CCOCCCNC(=O)C=C1Sc2ccccc2NC1=O. The van der Waals surface area contributed by atoms with Gasteiger partial charge in [-0.3, -0.25) is 9.59 Å². The summed E-state index contributed by atoms with van der Waals surface area (Å²) in [5, 5.41) is 5.52. The fourth-order valence-corrected chi connectivity index (χ4v) is 2.73. The average Bonchev–Trinajstić information content (AvgIpc) is 2.48. The molecule has 2 N–H and O–H groups in total. The zero-order chi connectivity index (χ0) is 15.1. The summed E-state index contributed by atoms with van der Waals surface area (Å²) < 4.78 is 5.19. The van der Waals surface area contributed by atoms with Crippen LogP contribution in [0.3, 0.4) is 0 Å². The Balaban J connectivity index is 1.89. The molecule has 1 aliphatic rings. The minimum absolute atomic E-state index is 0.247. The predicted molar refractivity (Wildman–Crippen MR) is 83.1 cm³/mol. The van der Waals surface area contributed by atoms with Crippen molar-refractivity contribution in [2.24, 2.45) is 0 Å². The van der Waals surface area contributed by atoms with E-state index in [9.17, 15) is 9.59 Å². The van der Waals surface area contributed by atoms with E-state index < -0.39 is 0 Å². The number of fused-ring (bicyclic) bond motifs is 1. The number of carbonyl (C=O) groups excluding carboxylic acids is 2. The molecule has 6 heteroatoms. The van der Waals surface area contributed by atoms with Gasteiger partial charge in [-0.05, 0) is 25.5 Å². The number of amides is 2. The molecule has 0 saturated carbocycles. The lowest BCUT2D eigenvalue weighted by atomic mass is 10.3. The average molecular weight is 306 g/mol. The van der Waals surface area contributed by atoms with Gasteiger partial charge >= 0.3 is 0 Å². The third kappa shape index (κ3) is 4.61. The number of hydrogen-bond acceptors (Lipinski definition) is 4. The van der Waals surface area contributed by atoms with Crippen LogP contribution in [0.1, 0.15) is 13.3 Å². The molecule has 1 heterocycles. The maximum atomic E-state index is 11.9. The first kappa shape index (κ1) is 15.6. The fraction of sp³-hybridized carbons (Fsp3) is 0.333. The van der Waals surface area contributed by atoms with Gasteiger partial charge in [-0.15, -0.1) is 0 Å². The van der Waals surface area contributed by atoms with Crippen molar-refractivity contribution < 1.29 is 14.3 Å². The highest BCUT2D eigenvalue weighted by Crippen LogP contribution is 2.37. The van der Waals surface area contributed by atoms with E-state index >= 15 is 0 Å². The van der Waals surface area contributed by atoms with Crippen LogP contribution in [-0.2, 0) is 14.3 Å². The van der Waals surface area contributed by atoms with E-state index in [-0.39, 0.29) is 11.8 Å². The standard InChI is InChI=1S/C15H18N2O3S/c1-2-20-9-5-8-16-14(18)10-13-15(19)17-11-6-3-4-7-12(11)21-13/h3-4,6-7,10H,2,5,8-9H2,1H3,(H,16,18)(H,17,19). The number of anilines is 1. The molecule has 0 radical (unpaired) electrons. The molecule has 0 fully saturated rings. The number of carbonyl (C=O) groups is 2. The number of para-hydroxylation sites is 1. The summed E-state index contributed by atoms with van der Waals surface area (Å²) in [6.45, 7) is 3.76. The number of ether oxygens (including phenoxy) is 1. The third-order valence-electron chi connectivity index (χ3n) is 2.81. The molecule has 21 heavy (non-hydrogen) atoms. The Hall–Kier alpha value is -1.79. The van der Waals surface area contributed by atoms with E-state index in [0.29, 0.717) is 24.7 Å². The van der Waals surface area contributed by atoms with Crippen molar-refractivity contribution in [1.29, 1.82) is 0 Å². The Morgan fingerprint density at radius 1 is 1.43 bits per heavy atom. The molecule has 1 aromatic rings. The van der Waals surface area contributed by atoms with E-state index in [0.717, 1.165) is 17.0 Å². The zero-order valence-corrected chi connectivity index (χ0v) is 12.7. The lowest BCUT2D eigenvalue weighted by Gasteiger charge is -2.17. The Labute approximate surface area is 128 Å². The fourth-order valence-electron chi connectivity index (χ4n) is 1.80. The highest BCUT2D eigenvalue weighted by atomic mass is 32.2. The van der Waals surface area contributed by atoms with Gasteiger partial charge < -0.3 is 15.4 Å². The number of nitrogens with one attached hydrogen (secondary N) is 2. The molecule has 0 atom stereocenters. The van der Waals surface area contributed by atoms with Crippen LogP contribution in [0.4, 0.5) is 5.69 Å². The highest BCUT2D eigenvalue weighted by molar-refractivity contribution is 8.04. The van der Waals surface area contributed by atoms with E-state index in [2.05, 4.69) is 10.6 Å². The molecule has 112 valence electrons. The first-order chi connectivity index (χ1) is 10.2. The summed E-state index contributed by atoms with van der Waals surface area (Å²) in [5.74, 6) is -0.508. The van der Waals surface area contributed by atoms with Crippen LogP contribution >= 0.6 is 11.8 Å². The second-order valence-corrected chi connectivity index (χ2v) is 5.49. The maximum absolute atomic E-state index is 11.9. The molecule has 0 aliphatic carbocycles. The second kappa shape index (κ2) is 7.85. The van der Waals surface area contributed by atoms with Gasteiger partial charge in [0.05, 0.1) is 10.6 Å². The number of rotatable bonds is 6. The Morgan fingerprint density at radius 3 is 3.05 bits per heavy atom. The van der Waals surface area contributed by atoms with E-state index in [1.165, 1.54) is 17.8 Å². The molecule has 1 aliphatic heterocycles. The smallest absolute Gasteiger partial charge is 0.262 e. The Kier molecular flexibility index (Phi) is 5.83. The number of thioether (sulfide) groups is 1. The largest absolute Gasteiger partial charge is 0.382 e. The summed E-state index contributed by atoms with van der Waals surface area (Å²) >= 11 is 1.30. The van der Waals surface area contributed by atoms with Crippen molar-refractivity contribution in [2.45, 2.75) is 18.2 Å².